The average molecular weight is 260 g/mol. The van der Waals surface area contributed by atoms with E-state index in [0.717, 1.165) is 18.2 Å². The van der Waals surface area contributed by atoms with Gasteiger partial charge in [-0.1, -0.05) is 0 Å². The summed E-state index contributed by atoms with van der Waals surface area (Å²) in [5, 5.41) is 2.49. The van der Waals surface area contributed by atoms with Crippen molar-refractivity contribution in [3.8, 4) is 0 Å². The van der Waals surface area contributed by atoms with Crippen LogP contribution < -0.4 is 4.90 Å². The Morgan fingerprint density at radius 1 is 1.56 bits per heavy atom. The summed E-state index contributed by atoms with van der Waals surface area (Å²) in [6, 6.07) is 0. The average Bonchev–Trinajstić information content (AvgIpc) is 2.78. The van der Waals surface area contributed by atoms with Crippen molar-refractivity contribution in [3.05, 3.63) is 11.1 Å². The number of hydrogen-bond acceptors (Lipinski definition) is 6. The summed E-state index contributed by atoms with van der Waals surface area (Å²) in [5.41, 5.74) is 0.342. The molecule has 0 unspecified atom stereocenters. The molecule has 0 aliphatic carbocycles. The molecule has 0 spiro atoms. The highest BCUT2D eigenvalue weighted by Crippen LogP contribution is 2.22. The molecule has 88 valence electrons. The predicted octanol–water partition coefficient (Wildman–Crippen LogP) is 0.498. The second-order valence-electron chi connectivity index (χ2n) is 3.34. The number of aromatic nitrogens is 1. The number of methoxy groups -OCH3 is 1. The van der Waals surface area contributed by atoms with E-state index in [0.29, 0.717) is 17.2 Å². The Labute approximate surface area is 99.9 Å². The third-order valence-corrected chi connectivity index (χ3v) is 4.51. The zero-order valence-corrected chi connectivity index (χ0v) is 10.5. The lowest BCUT2D eigenvalue weighted by Gasteiger charge is -2.25. The molecular formula is C9H12N2O3S2. The first kappa shape index (κ1) is 11.5. The van der Waals surface area contributed by atoms with Gasteiger partial charge in [0.25, 0.3) is 0 Å². The summed E-state index contributed by atoms with van der Waals surface area (Å²) in [5.74, 6) is 0.934. The van der Waals surface area contributed by atoms with E-state index < -0.39 is 16.8 Å². The highest BCUT2D eigenvalue weighted by atomic mass is 32.2. The minimum absolute atomic E-state index is 0.342. The largest absolute Gasteiger partial charge is 0.464 e. The smallest absolute Gasteiger partial charge is 0.357 e. The monoisotopic (exact) mass is 260 g/mol. The van der Waals surface area contributed by atoms with Crippen LogP contribution in [-0.2, 0) is 15.5 Å². The van der Waals surface area contributed by atoms with Crippen molar-refractivity contribution < 1.29 is 13.7 Å². The number of thiazole rings is 1. The van der Waals surface area contributed by atoms with Crippen LogP contribution in [0.25, 0.3) is 0 Å². The van der Waals surface area contributed by atoms with E-state index >= 15 is 0 Å². The molecule has 1 aliphatic heterocycles. The summed E-state index contributed by atoms with van der Waals surface area (Å²) >= 11 is 1.42. The van der Waals surface area contributed by atoms with Gasteiger partial charge in [-0.05, 0) is 0 Å². The second-order valence-corrected chi connectivity index (χ2v) is 5.87. The fourth-order valence-corrected chi connectivity index (χ4v) is 3.34. The maximum Gasteiger partial charge on any atom is 0.357 e. The first-order valence-electron chi connectivity index (χ1n) is 4.84. The minimum atomic E-state index is -0.695. The van der Waals surface area contributed by atoms with Crippen molar-refractivity contribution in [1.82, 2.24) is 4.98 Å². The van der Waals surface area contributed by atoms with Gasteiger partial charge in [0.15, 0.2) is 10.8 Å². The molecule has 5 nitrogen and oxygen atoms in total. The van der Waals surface area contributed by atoms with Gasteiger partial charge in [0.1, 0.15) is 0 Å². The molecule has 1 aliphatic rings. The number of ether oxygens (including phenoxy) is 1. The molecule has 0 saturated carbocycles. The molecule has 0 aromatic carbocycles. The first-order chi connectivity index (χ1) is 7.70. The third kappa shape index (κ3) is 2.41. The van der Waals surface area contributed by atoms with Crippen molar-refractivity contribution in [2.75, 3.05) is 36.6 Å². The molecule has 1 saturated heterocycles. The summed E-state index contributed by atoms with van der Waals surface area (Å²) < 4.78 is 15.8. The van der Waals surface area contributed by atoms with Gasteiger partial charge < -0.3 is 9.64 Å². The molecule has 0 amide bonds. The quantitative estimate of drug-likeness (QED) is 0.725. The number of nitrogens with zero attached hydrogens (tertiary/aromatic N) is 2. The van der Waals surface area contributed by atoms with E-state index in [-0.39, 0.29) is 0 Å². The van der Waals surface area contributed by atoms with Crippen molar-refractivity contribution in [2.45, 2.75) is 0 Å². The number of carbonyl (C=O) groups excluding carboxylic acids is 1. The number of rotatable bonds is 2. The molecule has 0 bridgehead atoms. The molecule has 16 heavy (non-hydrogen) atoms. The van der Waals surface area contributed by atoms with Crippen LogP contribution in [0.15, 0.2) is 5.38 Å². The second kappa shape index (κ2) is 4.92. The Bertz CT molecular complexity index is 409. The van der Waals surface area contributed by atoms with Crippen LogP contribution >= 0.6 is 11.3 Å². The molecule has 2 rings (SSSR count). The van der Waals surface area contributed by atoms with Crippen LogP contribution in [0.2, 0.25) is 0 Å². The lowest BCUT2D eigenvalue weighted by molar-refractivity contribution is 0.0595. The van der Waals surface area contributed by atoms with Gasteiger partial charge >= 0.3 is 5.97 Å². The van der Waals surface area contributed by atoms with Crippen molar-refractivity contribution in [3.63, 3.8) is 0 Å². The topological polar surface area (TPSA) is 59.5 Å². The third-order valence-electron chi connectivity index (χ3n) is 2.33. The van der Waals surface area contributed by atoms with Gasteiger partial charge in [-0.25, -0.2) is 9.78 Å². The zero-order chi connectivity index (χ0) is 11.5. The van der Waals surface area contributed by atoms with Crippen LogP contribution in [-0.4, -0.2) is 46.9 Å². The van der Waals surface area contributed by atoms with Crippen molar-refractivity contribution in [2.24, 2.45) is 0 Å². The van der Waals surface area contributed by atoms with Crippen LogP contribution in [0.5, 0.6) is 0 Å². The SMILES string of the molecule is COC(=O)c1csc(N2CCS(=O)CC2)n1. The van der Waals surface area contributed by atoms with Gasteiger partial charge in [-0.3, -0.25) is 4.21 Å². The molecule has 0 N–H and O–H groups in total. The van der Waals surface area contributed by atoms with E-state index in [2.05, 4.69) is 14.6 Å². The normalized spacial score (nSPS) is 17.4. The van der Waals surface area contributed by atoms with E-state index in [1.54, 1.807) is 5.38 Å². The minimum Gasteiger partial charge on any atom is -0.464 e. The lowest BCUT2D eigenvalue weighted by Crippen LogP contribution is -2.37. The lowest BCUT2D eigenvalue weighted by atomic mass is 10.5. The maximum absolute atomic E-state index is 11.2. The van der Waals surface area contributed by atoms with Gasteiger partial charge in [-0.2, -0.15) is 0 Å². The summed E-state index contributed by atoms with van der Waals surface area (Å²) in [6.07, 6.45) is 0. The van der Waals surface area contributed by atoms with Crippen LogP contribution in [0, 0.1) is 0 Å². The molecule has 2 heterocycles. The Kier molecular flexibility index (Phi) is 3.55. The number of esters is 1. The van der Waals surface area contributed by atoms with Gasteiger partial charge in [0.2, 0.25) is 0 Å². The number of carbonyl (C=O) groups is 1. The highest BCUT2D eigenvalue weighted by Gasteiger charge is 2.19. The number of anilines is 1. The van der Waals surface area contributed by atoms with Crippen molar-refractivity contribution in [1.29, 1.82) is 0 Å². The van der Waals surface area contributed by atoms with Gasteiger partial charge in [0, 0.05) is 40.8 Å². The number of hydrogen-bond donors (Lipinski definition) is 0. The molecule has 7 heteroatoms. The summed E-state index contributed by atoms with van der Waals surface area (Å²) in [6.45, 7) is 1.47. The molecular weight excluding hydrogens is 248 g/mol. The Morgan fingerprint density at radius 3 is 2.88 bits per heavy atom. The van der Waals surface area contributed by atoms with Crippen LogP contribution in [0.3, 0.4) is 0 Å². The molecule has 0 radical (unpaired) electrons. The predicted molar refractivity (Wildman–Crippen MR) is 63.5 cm³/mol. The highest BCUT2D eigenvalue weighted by molar-refractivity contribution is 7.85. The van der Waals surface area contributed by atoms with Gasteiger partial charge in [0.05, 0.1) is 7.11 Å². The standard InChI is InChI=1S/C9H12N2O3S2/c1-14-8(12)7-6-15-9(10-7)11-2-4-16(13)5-3-11/h6H,2-5H2,1H3. The molecule has 0 atom stereocenters. The summed E-state index contributed by atoms with van der Waals surface area (Å²) in [4.78, 5) is 17.5. The Balaban J connectivity index is 2.07. The molecule has 1 aromatic heterocycles. The van der Waals surface area contributed by atoms with Crippen LogP contribution in [0.4, 0.5) is 5.13 Å². The van der Waals surface area contributed by atoms with E-state index in [9.17, 15) is 9.00 Å². The molecule has 1 aromatic rings. The van der Waals surface area contributed by atoms with Crippen molar-refractivity contribution >= 4 is 33.2 Å². The van der Waals surface area contributed by atoms with E-state index in [4.69, 9.17) is 0 Å². The Morgan fingerprint density at radius 2 is 2.25 bits per heavy atom. The van der Waals surface area contributed by atoms with E-state index in [1.807, 2.05) is 0 Å². The van der Waals surface area contributed by atoms with E-state index in [1.165, 1.54) is 18.4 Å². The summed E-state index contributed by atoms with van der Waals surface area (Å²) in [7, 11) is 0.644. The maximum atomic E-state index is 11.2. The first-order valence-corrected chi connectivity index (χ1v) is 7.21. The molecule has 1 fully saturated rings. The zero-order valence-electron chi connectivity index (χ0n) is 8.84. The Hall–Kier alpha value is -0.950. The fourth-order valence-electron chi connectivity index (χ4n) is 1.44. The van der Waals surface area contributed by atoms with Gasteiger partial charge in [-0.15, -0.1) is 11.3 Å². The fraction of sp³-hybridized carbons (Fsp3) is 0.556. The van der Waals surface area contributed by atoms with Crippen LogP contribution in [0.1, 0.15) is 10.5 Å².